The van der Waals surface area contributed by atoms with Gasteiger partial charge in [-0.05, 0) is 19.2 Å². The molecule has 0 amide bonds. The van der Waals surface area contributed by atoms with Crippen molar-refractivity contribution in [1.29, 1.82) is 0 Å². The van der Waals surface area contributed by atoms with Crippen LogP contribution in [-0.4, -0.2) is 69.6 Å². The van der Waals surface area contributed by atoms with Gasteiger partial charge in [-0.2, -0.15) is 0 Å². The predicted octanol–water partition coefficient (Wildman–Crippen LogP) is 1.13. The Morgan fingerprint density at radius 2 is 2.00 bits per heavy atom. The average molecular weight is 278 g/mol. The van der Waals surface area contributed by atoms with Crippen LogP contribution in [0, 0.1) is 0 Å². The first-order chi connectivity index (χ1) is 9.72. The minimum absolute atomic E-state index is 0.559. The van der Waals surface area contributed by atoms with E-state index in [4.69, 9.17) is 9.47 Å². The van der Waals surface area contributed by atoms with E-state index in [0.29, 0.717) is 23.7 Å². The SMILES string of the molecule is COc1ccc(C=O)c(OCCN2CCN(C)CC2)c1. The molecule has 1 aromatic rings. The van der Waals surface area contributed by atoms with Crippen LogP contribution in [0.25, 0.3) is 0 Å². The maximum Gasteiger partial charge on any atom is 0.153 e. The molecule has 1 fully saturated rings. The molecule has 110 valence electrons. The molecule has 1 aliphatic heterocycles. The highest BCUT2D eigenvalue weighted by Gasteiger charge is 2.13. The second kappa shape index (κ2) is 7.26. The minimum atomic E-state index is 0.559. The molecule has 1 saturated heterocycles. The van der Waals surface area contributed by atoms with Crippen molar-refractivity contribution in [1.82, 2.24) is 9.80 Å². The zero-order valence-electron chi connectivity index (χ0n) is 12.2. The number of hydrogen-bond acceptors (Lipinski definition) is 5. The molecule has 0 spiro atoms. The zero-order chi connectivity index (χ0) is 14.4. The summed E-state index contributed by atoms with van der Waals surface area (Å²) in [4.78, 5) is 15.7. The summed E-state index contributed by atoms with van der Waals surface area (Å²) in [5.41, 5.74) is 0.559. The van der Waals surface area contributed by atoms with Gasteiger partial charge in [0.15, 0.2) is 6.29 Å². The van der Waals surface area contributed by atoms with Gasteiger partial charge < -0.3 is 14.4 Å². The molecule has 1 aromatic carbocycles. The number of likely N-dealkylation sites (N-methyl/N-ethyl adjacent to an activating group) is 1. The lowest BCUT2D eigenvalue weighted by Gasteiger charge is -2.32. The Bertz CT molecular complexity index is 443. The second-order valence-corrected chi connectivity index (χ2v) is 5.01. The molecule has 5 heteroatoms. The minimum Gasteiger partial charge on any atom is -0.497 e. The molecular formula is C15H22N2O3. The summed E-state index contributed by atoms with van der Waals surface area (Å²) in [5.74, 6) is 1.29. The molecule has 0 bridgehead atoms. The van der Waals surface area contributed by atoms with E-state index in [1.54, 1.807) is 25.3 Å². The van der Waals surface area contributed by atoms with Gasteiger partial charge in [-0.1, -0.05) is 0 Å². The summed E-state index contributed by atoms with van der Waals surface area (Å²) >= 11 is 0. The third kappa shape index (κ3) is 3.95. The lowest BCUT2D eigenvalue weighted by molar-refractivity contribution is 0.111. The summed E-state index contributed by atoms with van der Waals surface area (Å²) < 4.78 is 10.9. The van der Waals surface area contributed by atoms with Crippen LogP contribution in [0.1, 0.15) is 10.4 Å². The maximum atomic E-state index is 11.0. The number of aldehydes is 1. The van der Waals surface area contributed by atoms with Crippen LogP contribution in [0.15, 0.2) is 18.2 Å². The van der Waals surface area contributed by atoms with E-state index >= 15 is 0 Å². The molecular weight excluding hydrogens is 256 g/mol. The molecule has 0 unspecified atom stereocenters. The van der Waals surface area contributed by atoms with Gasteiger partial charge in [-0.3, -0.25) is 9.69 Å². The lowest BCUT2D eigenvalue weighted by atomic mass is 10.2. The fourth-order valence-electron chi connectivity index (χ4n) is 2.22. The van der Waals surface area contributed by atoms with Gasteiger partial charge in [0.1, 0.15) is 18.1 Å². The van der Waals surface area contributed by atoms with Crippen molar-refractivity contribution in [2.24, 2.45) is 0 Å². The fourth-order valence-corrected chi connectivity index (χ4v) is 2.22. The van der Waals surface area contributed by atoms with Crippen molar-refractivity contribution >= 4 is 6.29 Å². The zero-order valence-corrected chi connectivity index (χ0v) is 12.2. The summed E-state index contributed by atoms with van der Waals surface area (Å²) in [6.07, 6.45) is 0.810. The van der Waals surface area contributed by atoms with Gasteiger partial charge in [-0.25, -0.2) is 0 Å². The molecule has 0 saturated carbocycles. The first kappa shape index (κ1) is 14.8. The maximum absolute atomic E-state index is 11.0. The highest BCUT2D eigenvalue weighted by molar-refractivity contribution is 5.79. The van der Waals surface area contributed by atoms with Crippen LogP contribution in [0.2, 0.25) is 0 Å². The van der Waals surface area contributed by atoms with E-state index < -0.39 is 0 Å². The number of carbonyl (C=O) groups excluding carboxylic acids is 1. The number of benzene rings is 1. The standard InChI is InChI=1S/C15H22N2O3/c1-16-5-7-17(8-6-16)9-10-20-15-11-14(19-2)4-3-13(15)12-18/h3-4,11-12H,5-10H2,1-2H3. The number of ether oxygens (including phenoxy) is 2. The number of rotatable bonds is 6. The Morgan fingerprint density at radius 1 is 1.25 bits per heavy atom. The smallest absolute Gasteiger partial charge is 0.153 e. The monoisotopic (exact) mass is 278 g/mol. The van der Waals surface area contributed by atoms with Crippen LogP contribution in [0.3, 0.4) is 0 Å². The van der Waals surface area contributed by atoms with Gasteiger partial charge in [-0.15, -0.1) is 0 Å². The van der Waals surface area contributed by atoms with Gasteiger partial charge in [0.2, 0.25) is 0 Å². The predicted molar refractivity (Wildman–Crippen MR) is 77.8 cm³/mol. The number of hydrogen-bond donors (Lipinski definition) is 0. The number of piperazine rings is 1. The van der Waals surface area contributed by atoms with E-state index in [2.05, 4.69) is 16.8 Å². The normalized spacial score (nSPS) is 16.9. The third-order valence-corrected chi connectivity index (χ3v) is 3.61. The second-order valence-electron chi connectivity index (χ2n) is 5.01. The van der Waals surface area contributed by atoms with E-state index in [1.165, 1.54) is 0 Å². The van der Waals surface area contributed by atoms with Crippen molar-refractivity contribution in [3.63, 3.8) is 0 Å². The summed E-state index contributed by atoms with van der Waals surface area (Å²) in [6, 6.07) is 5.24. The topological polar surface area (TPSA) is 42.0 Å². The van der Waals surface area contributed by atoms with E-state index in [9.17, 15) is 4.79 Å². The van der Waals surface area contributed by atoms with E-state index in [0.717, 1.165) is 39.0 Å². The number of nitrogens with zero attached hydrogens (tertiary/aromatic N) is 2. The van der Waals surface area contributed by atoms with Crippen molar-refractivity contribution < 1.29 is 14.3 Å². The summed E-state index contributed by atoms with van der Waals surface area (Å²) in [6.45, 7) is 5.79. The van der Waals surface area contributed by atoms with Gasteiger partial charge in [0.05, 0.1) is 12.7 Å². The fraction of sp³-hybridized carbons (Fsp3) is 0.533. The van der Waals surface area contributed by atoms with Crippen LogP contribution in [0.5, 0.6) is 11.5 Å². The first-order valence-corrected chi connectivity index (χ1v) is 6.90. The lowest BCUT2D eigenvalue weighted by Crippen LogP contribution is -2.45. The van der Waals surface area contributed by atoms with E-state index in [1.807, 2.05) is 0 Å². The molecule has 1 heterocycles. The van der Waals surface area contributed by atoms with Crippen LogP contribution in [0.4, 0.5) is 0 Å². The molecule has 0 aliphatic carbocycles. The van der Waals surface area contributed by atoms with Crippen molar-refractivity contribution in [2.75, 3.05) is 53.5 Å². The van der Waals surface area contributed by atoms with Gasteiger partial charge in [0, 0.05) is 38.8 Å². The highest BCUT2D eigenvalue weighted by atomic mass is 16.5. The molecule has 0 atom stereocenters. The number of carbonyl (C=O) groups is 1. The molecule has 20 heavy (non-hydrogen) atoms. The van der Waals surface area contributed by atoms with Crippen LogP contribution < -0.4 is 9.47 Å². The Balaban J connectivity index is 1.85. The number of methoxy groups -OCH3 is 1. The average Bonchev–Trinajstić information content (AvgIpc) is 2.49. The molecule has 0 aromatic heterocycles. The quantitative estimate of drug-likeness (QED) is 0.730. The van der Waals surface area contributed by atoms with E-state index in [-0.39, 0.29) is 0 Å². The summed E-state index contributed by atoms with van der Waals surface area (Å²) in [5, 5.41) is 0. The molecule has 1 aliphatic rings. The Kier molecular flexibility index (Phi) is 5.38. The van der Waals surface area contributed by atoms with Crippen LogP contribution in [-0.2, 0) is 0 Å². The molecule has 5 nitrogen and oxygen atoms in total. The third-order valence-electron chi connectivity index (χ3n) is 3.61. The molecule has 0 N–H and O–H groups in total. The van der Waals surface area contributed by atoms with Crippen molar-refractivity contribution in [2.45, 2.75) is 0 Å². The Hall–Kier alpha value is -1.59. The Morgan fingerprint density at radius 3 is 2.65 bits per heavy atom. The van der Waals surface area contributed by atoms with Gasteiger partial charge >= 0.3 is 0 Å². The molecule has 2 rings (SSSR count). The summed E-state index contributed by atoms with van der Waals surface area (Å²) in [7, 11) is 3.74. The molecule has 0 radical (unpaired) electrons. The Labute approximate surface area is 120 Å². The first-order valence-electron chi connectivity index (χ1n) is 6.90. The van der Waals surface area contributed by atoms with Crippen LogP contribution >= 0.6 is 0 Å². The van der Waals surface area contributed by atoms with Crippen molar-refractivity contribution in [3.8, 4) is 11.5 Å². The largest absolute Gasteiger partial charge is 0.497 e. The van der Waals surface area contributed by atoms with Crippen molar-refractivity contribution in [3.05, 3.63) is 23.8 Å². The highest BCUT2D eigenvalue weighted by Crippen LogP contribution is 2.23. The van der Waals surface area contributed by atoms with Gasteiger partial charge in [0.25, 0.3) is 0 Å².